The zero-order valence-corrected chi connectivity index (χ0v) is 26.3. The second-order valence-electron chi connectivity index (χ2n) is 10.7. The van der Waals surface area contributed by atoms with Gasteiger partial charge in [-0.3, -0.25) is 9.35 Å². The molecule has 0 bridgehead atoms. The Morgan fingerprint density at radius 3 is 1.77 bits per heavy atom. The summed E-state index contributed by atoms with van der Waals surface area (Å²) in [6, 6.07) is -1.08. The molecule has 0 heterocycles. The highest BCUT2D eigenvalue weighted by atomic mass is 32.2. The molecule has 0 aromatic heterocycles. The van der Waals surface area contributed by atoms with Crippen LogP contribution in [-0.2, 0) is 14.9 Å². The molecule has 0 radical (unpaired) electrons. The number of aliphatic hydroxyl groups is 1. The van der Waals surface area contributed by atoms with Gasteiger partial charge in [-0.2, -0.15) is 8.42 Å². The normalized spacial score (nSPS) is 14.2. The van der Waals surface area contributed by atoms with E-state index in [2.05, 4.69) is 55.6 Å². The Kier molecular flexibility index (Phi) is 26.3. The third kappa shape index (κ3) is 27.9. The van der Waals surface area contributed by atoms with Gasteiger partial charge in [-0.25, -0.2) is 0 Å². The minimum absolute atomic E-state index is 0.270. The minimum atomic E-state index is -4.35. The van der Waals surface area contributed by atoms with E-state index in [1.54, 1.807) is 6.08 Å². The van der Waals surface area contributed by atoms with Gasteiger partial charge in [-0.05, 0) is 64.2 Å². The van der Waals surface area contributed by atoms with Gasteiger partial charge >= 0.3 is 0 Å². The van der Waals surface area contributed by atoms with Crippen molar-refractivity contribution in [2.75, 3.05) is 5.75 Å². The van der Waals surface area contributed by atoms with Gasteiger partial charge in [0.2, 0.25) is 5.91 Å². The van der Waals surface area contributed by atoms with Crippen LogP contribution in [0.15, 0.2) is 48.6 Å². The summed E-state index contributed by atoms with van der Waals surface area (Å²) in [6.07, 6.45) is 35.2. The van der Waals surface area contributed by atoms with Crippen molar-refractivity contribution in [1.82, 2.24) is 5.32 Å². The molecule has 2 atom stereocenters. The lowest BCUT2D eigenvalue weighted by atomic mass is 10.1. The molecular formula is C33H59NO5S. The zero-order valence-electron chi connectivity index (χ0n) is 25.4. The van der Waals surface area contributed by atoms with Gasteiger partial charge in [0.1, 0.15) is 0 Å². The maximum absolute atomic E-state index is 12.4. The van der Waals surface area contributed by atoms with Crippen LogP contribution < -0.4 is 5.32 Å². The summed E-state index contributed by atoms with van der Waals surface area (Å²) in [4.78, 5) is 12.4. The average Bonchev–Trinajstić information content (AvgIpc) is 2.90. The molecule has 0 aromatic rings. The lowest BCUT2D eigenvalue weighted by molar-refractivity contribution is -0.122. The Morgan fingerprint density at radius 2 is 1.15 bits per heavy atom. The van der Waals surface area contributed by atoms with Crippen LogP contribution in [0.25, 0.3) is 0 Å². The third-order valence-corrected chi connectivity index (χ3v) is 7.51. The number of allylic oxidation sites excluding steroid dienone is 7. The molecule has 0 saturated heterocycles. The fraction of sp³-hybridized carbons (Fsp3) is 0.727. The van der Waals surface area contributed by atoms with Crippen molar-refractivity contribution in [3.05, 3.63) is 48.6 Å². The molecule has 7 heteroatoms. The van der Waals surface area contributed by atoms with E-state index in [1.165, 1.54) is 57.4 Å². The van der Waals surface area contributed by atoms with Gasteiger partial charge in [-0.1, -0.05) is 114 Å². The summed E-state index contributed by atoms with van der Waals surface area (Å²) in [5, 5.41) is 13.0. The summed E-state index contributed by atoms with van der Waals surface area (Å²) in [5.74, 6) is -1.03. The average molecular weight is 582 g/mol. The van der Waals surface area contributed by atoms with Crippen LogP contribution in [0.4, 0.5) is 0 Å². The lowest BCUT2D eigenvalue weighted by Crippen LogP contribution is -2.46. The molecule has 232 valence electrons. The van der Waals surface area contributed by atoms with Crippen LogP contribution in [-0.4, -0.2) is 41.9 Å². The van der Waals surface area contributed by atoms with Crippen molar-refractivity contribution in [3.8, 4) is 0 Å². The SMILES string of the molecule is CCCCC/C=C\C/C=C\CCCCCCCC(=O)NC(CS(=O)(=O)O)C(O)/C=C/CC/C=C/CCCCCC. The smallest absolute Gasteiger partial charge is 0.267 e. The predicted octanol–water partition coefficient (Wildman–Crippen LogP) is 8.40. The maximum Gasteiger partial charge on any atom is 0.267 e. The first kappa shape index (κ1) is 38.3. The minimum Gasteiger partial charge on any atom is -0.387 e. The summed E-state index contributed by atoms with van der Waals surface area (Å²) >= 11 is 0. The van der Waals surface area contributed by atoms with Gasteiger partial charge < -0.3 is 10.4 Å². The Bertz CT molecular complexity index is 817. The van der Waals surface area contributed by atoms with Crippen molar-refractivity contribution in [3.63, 3.8) is 0 Å². The van der Waals surface area contributed by atoms with Crippen LogP contribution in [0, 0.1) is 0 Å². The van der Waals surface area contributed by atoms with Crippen molar-refractivity contribution < 1.29 is 22.9 Å². The van der Waals surface area contributed by atoms with Gasteiger partial charge in [0.15, 0.2) is 0 Å². The molecule has 2 unspecified atom stereocenters. The Hall–Kier alpha value is -1.70. The largest absolute Gasteiger partial charge is 0.387 e. The van der Waals surface area contributed by atoms with Crippen LogP contribution in [0.3, 0.4) is 0 Å². The molecule has 6 nitrogen and oxygen atoms in total. The number of hydrogen-bond donors (Lipinski definition) is 3. The van der Waals surface area contributed by atoms with Crippen molar-refractivity contribution in [1.29, 1.82) is 0 Å². The maximum atomic E-state index is 12.4. The fourth-order valence-electron chi connectivity index (χ4n) is 4.32. The zero-order chi connectivity index (χ0) is 29.7. The van der Waals surface area contributed by atoms with E-state index in [4.69, 9.17) is 0 Å². The number of amides is 1. The predicted molar refractivity (Wildman–Crippen MR) is 170 cm³/mol. The van der Waals surface area contributed by atoms with Gasteiger partial charge in [0.05, 0.1) is 17.9 Å². The summed E-state index contributed by atoms with van der Waals surface area (Å²) in [7, 11) is -4.35. The topological polar surface area (TPSA) is 104 Å². The van der Waals surface area contributed by atoms with Gasteiger partial charge in [0, 0.05) is 6.42 Å². The van der Waals surface area contributed by atoms with Crippen LogP contribution in [0.2, 0.25) is 0 Å². The molecule has 0 aromatic carbocycles. The Labute approximate surface area is 246 Å². The summed E-state index contributed by atoms with van der Waals surface area (Å²) in [5.41, 5.74) is 0. The number of aliphatic hydroxyl groups excluding tert-OH is 1. The number of rotatable bonds is 27. The Balaban J connectivity index is 4.14. The number of nitrogens with one attached hydrogen (secondary N) is 1. The molecule has 0 aliphatic carbocycles. The van der Waals surface area contributed by atoms with E-state index in [9.17, 15) is 22.9 Å². The molecule has 1 amide bonds. The van der Waals surface area contributed by atoms with E-state index in [1.807, 2.05) is 0 Å². The molecule has 0 aliphatic rings. The van der Waals surface area contributed by atoms with E-state index >= 15 is 0 Å². The first-order valence-corrected chi connectivity index (χ1v) is 17.4. The van der Waals surface area contributed by atoms with Crippen molar-refractivity contribution in [2.24, 2.45) is 0 Å². The number of unbranched alkanes of at least 4 members (excludes halogenated alkanes) is 13. The molecule has 0 fully saturated rings. The van der Waals surface area contributed by atoms with E-state index in [0.29, 0.717) is 12.8 Å². The first-order valence-electron chi connectivity index (χ1n) is 15.8. The molecule has 0 aliphatic heterocycles. The second-order valence-corrected chi connectivity index (χ2v) is 12.2. The van der Waals surface area contributed by atoms with Crippen LogP contribution in [0.1, 0.15) is 136 Å². The van der Waals surface area contributed by atoms with E-state index in [-0.39, 0.29) is 12.3 Å². The molecular weight excluding hydrogens is 522 g/mol. The highest BCUT2D eigenvalue weighted by Gasteiger charge is 2.24. The fourth-order valence-corrected chi connectivity index (χ4v) is 5.05. The van der Waals surface area contributed by atoms with Crippen LogP contribution in [0.5, 0.6) is 0 Å². The summed E-state index contributed by atoms with van der Waals surface area (Å²) < 4.78 is 32.1. The molecule has 40 heavy (non-hydrogen) atoms. The highest BCUT2D eigenvalue weighted by Crippen LogP contribution is 2.10. The Morgan fingerprint density at radius 1 is 0.675 bits per heavy atom. The number of hydrogen-bond acceptors (Lipinski definition) is 4. The molecule has 0 rings (SSSR count). The standard InChI is InChI=1S/C33H59NO5S/c1-3-5-7-9-11-13-15-16-17-18-19-21-23-25-27-29-33(36)34-31(30-40(37,38)39)32(35)28-26-24-22-20-14-12-10-8-6-4-2/h11,13-14,16-17,20,26,28,31-32,35H,3-10,12,15,18-19,21-25,27,29-30H2,1-2H3,(H,34,36)(H,37,38,39)/b13-11-,17-16-,20-14+,28-26+. The third-order valence-electron chi connectivity index (χ3n) is 6.73. The summed E-state index contributed by atoms with van der Waals surface area (Å²) in [6.45, 7) is 4.42. The number of carbonyl (C=O) groups excluding carboxylic acids is 1. The molecule has 0 saturated carbocycles. The lowest BCUT2D eigenvalue weighted by Gasteiger charge is -2.21. The van der Waals surface area contributed by atoms with E-state index < -0.39 is 28.0 Å². The second kappa shape index (κ2) is 27.5. The van der Waals surface area contributed by atoms with Gasteiger partial charge in [-0.15, -0.1) is 0 Å². The molecule has 3 N–H and O–H groups in total. The molecule has 0 spiro atoms. The van der Waals surface area contributed by atoms with Gasteiger partial charge in [0.25, 0.3) is 10.1 Å². The monoisotopic (exact) mass is 581 g/mol. The van der Waals surface area contributed by atoms with Crippen molar-refractivity contribution in [2.45, 2.75) is 148 Å². The quantitative estimate of drug-likeness (QED) is 0.0513. The van der Waals surface area contributed by atoms with Crippen LogP contribution >= 0.6 is 0 Å². The first-order chi connectivity index (χ1) is 19.3. The van der Waals surface area contributed by atoms with E-state index in [0.717, 1.165) is 51.4 Å². The highest BCUT2D eigenvalue weighted by molar-refractivity contribution is 7.85. The number of carbonyl (C=O) groups is 1. The van der Waals surface area contributed by atoms with Crippen molar-refractivity contribution >= 4 is 16.0 Å².